The Bertz CT molecular complexity index is 1340. The van der Waals surface area contributed by atoms with E-state index in [-0.39, 0.29) is 42.1 Å². The van der Waals surface area contributed by atoms with E-state index in [0.29, 0.717) is 64.1 Å². The highest BCUT2D eigenvalue weighted by Gasteiger charge is 2.33. The molecule has 1 aliphatic heterocycles. The second-order valence-electron chi connectivity index (χ2n) is 13.6. The highest BCUT2D eigenvalue weighted by atomic mass is 16.2. The van der Waals surface area contributed by atoms with E-state index in [4.69, 9.17) is 16.9 Å². The number of nitrogens with zero attached hydrogens (tertiary/aromatic N) is 2. The largest absolute Gasteiger partial charge is 0.359 e. The van der Waals surface area contributed by atoms with Crippen LogP contribution < -0.4 is 16.8 Å². The number of carbonyl (C=O) groups excluding carboxylic acids is 4. The Morgan fingerprint density at radius 1 is 0.812 bits per heavy atom. The smallest absolute Gasteiger partial charge is 0.226 e. The molecule has 1 saturated heterocycles. The van der Waals surface area contributed by atoms with Crippen LogP contribution >= 0.6 is 0 Å². The Morgan fingerprint density at radius 3 is 1.96 bits per heavy atom. The number of hydrogen-bond acceptors (Lipinski definition) is 7. The summed E-state index contributed by atoms with van der Waals surface area (Å²) in [6.45, 7) is 8.52. The molecule has 6 N–H and O–H groups in total. The second kappa shape index (κ2) is 19.8. The third kappa shape index (κ3) is 12.6. The van der Waals surface area contributed by atoms with Gasteiger partial charge in [-0.2, -0.15) is 0 Å². The highest BCUT2D eigenvalue weighted by molar-refractivity contribution is 5.94. The van der Waals surface area contributed by atoms with Crippen LogP contribution in [0.2, 0.25) is 0 Å². The standard InChI is InChI=1S/C38H56N6O4/c1-27(2)22-34(36(46)25-31(16-10-17-39)38(48)44-19-11-18-43(20-21-44)28(3)40)42-37(47)32(23-29-12-6-4-7-13-29)26-35(45)33(41)24-30-14-8-5-9-15-30/h4-9,12-15,27,31-34,40H,10-11,16-26,39,41H2,1-3H3,(H,42,47)/t31-,32-,33+,34+/m0/s1. The normalized spacial score (nSPS) is 16.0. The zero-order valence-corrected chi connectivity index (χ0v) is 29.0. The minimum atomic E-state index is -0.794. The SMILES string of the molecule is CC(=N)N1CCCN(C(=O)[C@@H](CCCN)CC(=O)[C@@H](CC(C)C)NC(=O)[C@H](CC(=O)[C@H](N)Cc2ccccc2)Cc2ccccc2)CC1. The molecule has 48 heavy (non-hydrogen) atoms. The topological polar surface area (TPSA) is 163 Å². The van der Waals surface area contributed by atoms with Crippen LogP contribution in [-0.4, -0.2) is 83.8 Å². The lowest BCUT2D eigenvalue weighted by molar-refractivity contribution is -0.139. The fourth-order valence-corrected chi connectivity index (χ4v) is 6.36. The lowest BCUT2D eigenvalue weighted by Gasteiger charge is -2.28. The Balaban J connectivity index is 1.76. The highest BCUT2D eigenvalue weighted by Crippen LogP contribution is 2.21. The molecule has 3 rings (SSSR count). The van der Waals surface area contributed by atoms with Gasteiger partial charge < -0.3 is 26.6 Å². The van der Waals surface area contributed by atoms with Crippen molar-refractivity contribution in [2.45, 2.75) is 84.2 Å². The lowest BCUT2D eigenvalue weighted by atomic mass is 9.87. The first-order valence-corrected chi connectivity index (χ1v) is 17.5. The molecule has 1 aliphatic rings. The van der Waals surface area contributed by atoms with Crippen LogP contribution in [0.1, 0.15) is 70.4 Å². The average molecular weight is 661 g/mol. The van der Waals surface area contributed by atoms with Gasteiger partial charge in [0.1, 0.15) is 0 Å². The van der Waals surface area contributed by atoms with Gasteiger partial charge in [0.25, 0.3) is 0 Å². The first-order chi connectivity index (χ1) is 23.0. The summed E-state index contributed by atoms with van der Waals surface area (Å²) < 4.78 is 0. The van der Waals surface area contributed by atoms with Crippen molar-refractivity contribution in [2.24, 2.45) is 29.2 Å². The molecule has 2 aromatic carbocycles. The number of amides is 2. The van der Waals surface area contributed by atoms with E-state index in [9.17, 15) is 19.2 Å². The van der Waals surface area contributed by atoms with Crippen LogP contribution in [0.25, 0.3) is 0 Å². The molecule has 262 valence electrons. The Labute approximate surface area is 286 Å². The van der Waals surface area contributed by atoms with E-state index < -0.39 is 23.9 Å². The zero-order chi connectivity index (χ0) is 35.1. The summed E-state index contributed by atoms with van der Waals surface area (Å²) in [5, 5.41) is 11.0. The van der Waals surface area contributed by atoms with Crippen molar-refractivity contribution < 1.29 is 19.2 Å². The van der Waals surface area contributed by atoms with Gasteiger partial charge in [0.2, 0.25) is 11.8 Å². The number of carbonyl (C=O) groups is 4. The van der Waals surface area contributed by atoms with Crippen LogP contribution in [0.5, 0.6) is 0 Å². The summed E-state index contributed by atoms with van der Waals surface area (Å²) in [4.78, 5) is 58.8. The van der Waals surface area contributed by atoms with Gasteiger partial charge >= 0.3 is 0 Å². The molecule has 0 spiro atoms. The van der Waals surface area contributed by atoms with Crippen LogP contribution in [-0.2, 0) is 32.0 Å². The van der Waals surface area contributed by atoms with Crippen LogP contribution in [0.3, 0.4) is 0 Å². The van der Waals surface area contributed by atoms with E-state index in [2.05, 4.69) is 5.32 Å². The summed E-state index contributed by atoms with van der Waals surface area (Å²) in [6.07, 6.45) is 2.93. The molecule has 0 aliphatic carbocycles. The number of benzene rings is 2. The van der Waals surface area contributed by atoms with E-state index in [1.54, 1.807) is 6.92 Å². The molecule has 0 radical (unpaired) electrons. The molecule has 2 amide bonds. The maximum absolute atomic E-state index is 14.0. The van der Waals surface area contributed by atoms with Gasteiger partial charge in [0.05, 0.1) is 17.9 Å². The van der Waals surface area contributed by atoms with Crippen molar-refractivity contribution in [2.75, 3.05) is 32.7 Å². The maximum atomic E-state index is 14.0. The van der Waals surface area contributed by atoms with Crippen molar-refractivity contribution in [1.82, 2.24) is 15.1 Å². The lowest BCUT2D eigenvalue weighted by Crippen LogP contribution is -2.47. The third-order valence-corrected chi connectivity index (χ3v) is 9.10. The van der Waals surface area contributed by atoms with E-state index >= 15 is 0 Å². The number of nitrogens with two attached hydrogens (primary N) is 2. The maximum Gasteiger partial charge on any atom is 0.226 e. The number of amidine groups is 1. The molecule has 4 atom stereocenters. The van der Waals surface area contributed by atoms with Gasteiger partial charge in [0, 0.05) is 50.9 Å². The van der Waals surface area contributed by atoms with Crippen molar-refractivity contribution in [3.8, 4) is 0 Å². The number of rotatable bonds is 18. The third-order valence-electron chi connectivity index (χ3n) is 9.10. The predicted octanol–water partition coefficient (Wildman–Crippen LogP) is 3.75. The fraction of sp³-hybridized carbons (Fsp3) is 0.553. The van der Waals surface area contributed by atoms with Crippen molar-refractivity contribution in [3.05, 3.63) is 71.8 Å². The van der Waals surface area contributed by atoms with Crippen molar-refractivity contribution in [1.29, 1.82) is 5.41 Å². The molecule has 1 heterocycles. The molecular weight excluding hydrogens is 604 g/mol. The number of ketones is 2. The van der Waals surface area contributed by atoms with Crippen molar-refractivity contribution in [3.63, 3.8) is 0 Å². The average Bonchev–Trinajstić information content (AvgIpc) is 3.33. The first kappa shape index (κ1) is 38.6. The summed E-state index contributed by atoms with van der Waals surface area (Å²) in [6, 6.07) is 17.5. The molecule has 0 unspecified atom stereocenters. The molecule has 10 nitrogen and oxygen atoms in total. The second-order valence-corrected chi connectivity index (χ2v) is 13.6. The molecule has 0 saturated carbocycles. The molecule has 1 fully saturated rings. The van der Waals surface area contributed by atoms with Gasteiger partial charge in [-0.15, -0.1) is 0 Å². The summed E-state index contributed by atoms with van der Waals surface area (Å²) in [5.74, 6) is -1.50. The Morgan fingerprint density at radius 2 is 1.38 bits per heavy atom. The quantitative estimate of drug-likeness (QED) is 0.140. The molecule has 2 aromatic rings. The number of hydrogen-bond donors (Lipinski definition) is 4. The van der Waals surface area contributed by atoms with E-state index in [0.717, 1.165) is 24.1 Å². The minimum absolute atomic E-state index is 0.00451. The van der Waals surface area contributed by atoms with E-state index in [1.807, 2.05) is 84.3 Å². The van der Waals surface area contributed by atoms with Gasteiger partial charge in [0.15, 0.2) is 11.6 Å². The fourth-order valence-electron chi connectivity index (χ4n) is 6.36. The first-order valence-electron chi connectivity index (χ1n) is 17.5. The van der Waals surface area contributed by atoms with Gasteiger partial charge in [-0.3, -0.25) is 24.6 Å². The van der Waals surface area contributed by atoms with Gasteiger partial charge in [-0.1, -0.05) is 74.5 Å². The monoisotopic (exact) mass is 660 g/mol. The van der Waals surface area contributed by atoms with Crippen LogP contribution in [0.4, 0.5) is 0 Å². The van der Waals surface area contributed by atoms with Crippen LogP contribution in [0, 0.1) is 23.2 Å². The van der Waals surface area contributed by atoms with Crippen LogP contribution in [0.15, 0.2) is 60.7 Å². The number of nitrogens with one attached hydrogen (secondary N) is 2. The molecule has 0 aromatic heterocycles. The zero-order valence-electron chi connectivity index (χ0n) is 29.0. The van der Waals surface area contributed by atoms with E-state index in [1.165, 1.54) is 0 Å². The summed E-state index contributed by atoms with van der Waals surface area (Å²) in [7, 11) is 0. The summed E-state index contributed by atoms with van der Waals surface area (Å²) >= 11 is 0. The van der Waals surface area contributed by atoms with Crippen molar-refractivity contribution >= 4 is 29.2 Å². The minimum Gasteiger partial charge on any atom is -0.359 e. The molecular formula is C38H56N6O4. The molecule has 10 heteroatoms. The van der Waals surface area contributed by atoms with Gasteiger partial charge in [-0.05, 0) is 69.0 Å². The Kier molecular flexibility index (Phi) is 15.9. The Hall–Kier alpha value is -3.89. The molecule has 0 bridgehead atoms. The summed E-state index contributed by atoms with van der Waals surface area (Å²) in [5.41, 5.74) is 14.0. The predicted molar refractivity (Wildman–Crippen MR) is 190 cm³/mol. The van der Waals surface area contributed by atoms with Gasteiger partial charge in [-0.25, -0.2) is 0 Å². The number of Topliss-reactive ketones (excluding diaryl/α,β-unsaturated/α-hetero) is 2.